The van der Waals surface area contributed by atoms with Gasteiger partial charge in [-0.2, -0.15) is 0 Å². The molecule has 0 bridgehead atoms. The topological polar surface area (TPSA) is 53.0 Å². The zero-order valence-corrected chi connectivity index (χ0v) is 18.0. The van der Waals surface area contributed by atoms with Crippen LogP contribution in [0.4, 0.5) is 4.39 Å². The summed E-state index contributed by atoms with van der Waals surface area (Å²) >= 11 is 1.58. The molecule has 7 heteroatoms. The second-order valence-electron chi connectivity index (χ2n) is 7.86. The molecule has 3 rings (SSSR count). The third kappa shape index (κ3) is 5.41. The average molecular weight is 421 g/mol. The van der Waals surface area contributed by atoms with Crippen LogP contribution in [0.15, 0.2) is 46.5 Å². The summed E-state index contributed by atoms with van der Waals surface area (Å²) < 4.78 is 19.3. The van der Waals surface area contributed by atoms with E-state index in [9.17, 15) is 14.3 Å². The van der Waals surface area contributed by atoms with Gasteiger partial charge in [0, 0.05) is 25.4 Å². The van der Waals surface area contributed by atoms with Crippen molar-refractivity contribution in [1.29, 1.82) is 0 Å². The summed E-state index contributed by atoms with van der Waals surface area (Å²) in [5.74, 6) is 0.0313. The fraction of sp³-hybridized carbons (Fsp3) is 0.500. The highest BCUT2D eigenvalue weighted by atomic mass is 32.2. The predicted molar refractivity (Wildman–Crippen MR) is 114 cm³/mol. The quantitative estimate of drug-likeness (QED) is 0.721. The van der Waals surface area contributed by atoms with Gasteiger partial charge in [-0.3, -0.25) is 4.90 Å². The maximum Gasteiger partial charge on any atom is 0.338 e. The van der Waals surface area contributed by atoms with E-state index in [1.807, 2.05) is 19.1 Å². The second kappa shape index (κ2) is 9.78. The Balaban J connectivity index is 2.02. The van der Waals surface area contributed by atoms with Gasteiger partial charge in [0.1, 0.15) is 12.0 Å². The Morgan fingerprint density at radius 2 is 2.07 bits per heavy atom. The molecule has 0 radical (unpaired) electrons. The number of thioether (sulfide) groups is 1. The van der Waals surface area contributed by atoms with Gasteiger partial charge in [-0.1, -0.05) is 26.0 Å². The number of aliphatic carboxylic acids is 1. The highest BCUT2D eigenvalue weighted by molar-refractivity contribution is 8.03. The van der Waals surface area contributed by atoms with E-state index < -0.39 is 5.97 Å². The van der Waals surface area contributed by atoms with Crippen LogP contribution >= 0.6 is 11.8 Å². The molecule has 1 saturated heterocycles. The van der Waals surface area contributed by atoms with Crippen LogP contribution in [0.1, 0.15) is 26.3 Å². The van der Waals surface area contributed by atoms with Crippen LogP contribution in [-0.4, -0.2) is 59.1 Å². The van der Waals surface area contributed by atoms with Crippen molar-refractivity contribution in [2.24, 2.45) is 5.92 Å². The minimum absolute atomic E-state index is 0.0834. The molecule has 5 nitrogen and oxygen atoms in total. The highest BCUT2D eigenvalue weighted by Gasteiger charge is 2.35. The minimum Gasteiger partial charge on any atom is -0.478 e. The van der Waals surface area contributed by atoms with Gasteiger partial charge in [0.25, 0.3) is 0 Å². The summed E-state index contributed by atoms with van der Waals surface area (Å²) in [7, 11) is 0. The van der Waals surface area contributed by atoms with E-state index in [2.05, 4.69) is 23.6 Å². The molecule has 1 aromatic carbocycles. The largest absolute Gasteiger partial charge is 0.478 e. The Labute approximate surface area is 176 Å². The van der Waals surface area contributed by atoms with Crippen molar-refractivity contribution in [3.8, 4) is 0 Å². The molecule has 0 amide bonds. The van der Waals surface area contributed by atoms with Crippen LogP contribution in [-0.2, 0) is 16.1 Å². The second-order valence-corrected chi connectivity index (χ2v) is 8.87. The first-order chi connectivity index (χ1) is 13.9. The molecule has 2 heterocycles. The average Bonchev–Trinajstić information content (AvgIpc) is 2.68. The van der Waals surface area contributed by atoms with Gasteiger partial charge in [-0.05, 0) is 42.2 Å². The first-order valence-electron chi connectivity index (χ1n) is 9.99. The molecule has 0 aliphatic carbocycles. The van der Waals surface area contributed by atoms with Gasteiger partial charge < -0.3 is 14.7 Å². The van der Waals surface area contributed by atoms with Gasteiger partial charge in [0.05, 0.1) is 23.8 Å². The summed E-state index contributed by atoms with van der Waals surface area (Å²) in [4.78, 5) is 16.5. The van der Waals surface area contributed by atoms with Crippen molar-refractivity contribution in [2.75, 3.05) is 32.1 Å². The summed E-state index contributed by atoms with van der Waals surface area (Å²) in [6.07, 6.45) is 1.94. The van der Waals surface area contributed by atoms with E-state index >= 15 is 0 Å². The molecule has 0 spiro atoms. The minimum atomic E-state index is -0.922. The van der Waals surface area contributed by atoms with Crippen LogP contribution in [0, 0.1) is 11.7 Å². The van der Waals surface area contributed by atoms with Gasteiger partial charge in [-0.25, -0.2) is 9.18 Å². The van der Waals surface area contributed by atoms with Crippen molar-refractivity contribution < 1.29 is 19.0 Å². The van der Waals surface area contributed by atoms with Crippen LogP contribution in [0.2, 0.25) is 0 Å². The first-order valence-corrected chi connectivity index (χ1v) is 11.0. The van der Waals surface area contributed by atoms with E-state index in [4.69, 9.17) is 4.74 Å². The fourth-order valence-electron chi connectivity index (χ4n) is 3.63. The smallest absolute Gasteiger partial charge is 0.338 e. The monoisotopic (exact) mass is 420 g/mol. The summed E-state index contributed by atoms with van der Waals surface area (Å²) in [6.45, 7) is 9.42. The van der Waals surface area contributed by atoms with E-state index in [1.54, 1.807) is 17.8 Å². The number of halogens is 1. The van der Waals surface area contributed by atoms with Gasteiger partial charge >= 0.3 is 5.97 Å². The normalized spacial score (nSPS) is 20.9. The number of carboxylic acids is 1. The molecule has 1 fully saturated rings. The lowest BCUT2D eigenvalue weighted by atomic mass is 10.0. The Morgan fingerprint density at radius 1 is 1.34 bits per heavy atom. The Hall–Kier alpha value is -1.83. The van der Waals surface area contributed by atoms with E-state index in [0.717, 1.165) is 35.0 Å². The molecule has 1 aromatic rings. The zero-order chi connectivity index (χ0) is 21.0. The number of carbonyl (C=O) groups is 1. The van der Waals surface area contributed by atoms with E-state index in [-0.39, 0.29) is 12.0 Å². The molecular weight excluding hydrogens is 391 g/mol. The molecule has 29 heavy (non-hydrogen) atoms. The van der Waals surface area contributed by atoms with Crippen LogP contribution in [0.25, 0.3) is 0 Å². The lowest BCUT2D eigenvalue weighted by Crippen LogP contribution is -2.52. The predicted octanol–water partition coefficient (Wildman–Crippen LogP) is 3.93. The number of hydrogen-bond donors (Lipinski definition) is 1. The summed E-state index contributed by atoms with van der Waals surface area (Å²) in [5, 5.41) is 10.7. The lowest BCUT2D eigenvalue weighted by Gasteiger charge is -2.44. The third-order valence-electron chi connectivity index (χ3n) is 5.02. The van der Waals surface area contributed by atoms with Gasteiger partial charge in [0.15, 0.2) is 0 Å². The standard InChI is InChI=1S/C22H29FN2O3S/c1-15(2)14-29-21-20(22(26)27)16(3)11-19(24-7-9-28-10-8-24)25(21)13-17-5-4-6-18(23)12-17/h4-6,11-12,15,19H,7-10,13-14H2,1-3H3,(H,26,27). The maximum atomic E-state index is 13.8. The highest BCUT2D eigenvalue weighted by Crippen LogP contribution is 2.37. The SMILES string of the molecule is CC1=CC(N2CCOCC2)N(Cc2cccc(F)c2)C(SCC(C)C)=C1C(=O)O. The van der Waals surface area contributed by atoms with Crippen molar-refractivity contribution in [2.45, 2.75) is 33.5 Å². The maximum absolute atomic E-state index is 13.8. The van der Waals surface area contributed by atoms with Crippen LogP contribution in [0.3, 0.4) is 0 Å². The molecule has 1 atom stereocenters. The molecule has 1 unspecified atom stereocenters. The first kappa shape index (κ1) is 21.9. The van der Waals surface area contributed by atoms with Gasteiger partial charge in [0.2, 0.25) is 0 Å². The van der Waals surface area contributed by atoms with Crippen molar-refractivity contribution in [1.82, 2.24) is 9.80 Å². The van der Waals surface area contributed by atoms with Crippen molar-refractivity contribution in [3.05, 3.63) is 57.9 Å². The van der Waals surface area contributed by atoms with Crippen LogP contribution in [0.5, 0.6) is 0 Å². The molecule has 158 valence electrons. The van der Waals surface area contributed by atoms with Gasteiger partial charge in [-0.15, -0.1) is 11.8 Å². The van der Waals surface area contributed by atoms with Crippen molar-refractivity contribution in [3.63, 3.8) is 0 Å². The Morgan fingerprint density at radius 3 is 2.69 bits per heavy atom. The molecule has 2 aliphatic rings. The number of hydrogen-bond acceptors (Lipinski definition) is 5. The summed E-state index contributed by atoms with van der Waals surface area (Å²) in [6, 6.07) is 6.53. The molecular formula is C22H29FN2O3S. The van der Waals surface area contributed by atoms with E-state index in [1.165, 1.54) is 12.1 Å². The fourth-order valence-corrected chi connectivity index (χ4v) is 4.85. The number of nitrogens with zero attached hydrogens (tertiary/aromatic N) is 2. The molecule has 0 saturated carbocycles. The Kier molecular flexibility index (Phi) is 7.38. The Bertz CT molecular complexity index is 803. The molecule has 2 aliphatic heterocycles. The lowest BCUT2D eigenvalue weighted by molar-refractivity contribution is -0.132. The number of rotatable bonds is 7. The number of morpholine rings is 1. The third-order valence-corrected chi connectivity index (χ3v) is 6.56. The molecule has 1 N–H and O–H groups in total. The summed E-state index contributed by atoms with van der Waals surface area (Å²) in [5.41, 5.74) is 1.94. The van der Waals surface area contributed by atoms with E-state index in [0.29, 0.717) is 31.2 Å². The molecule has 0 aromatic heterocycles. The van der Waals surface area contributed by atoms with Crippen LogP contribution < -0.4 is 0 Å². The number of carboxylic acid groups (broad SMARTS) is 1. The number of ether oxygens (including phenoxy) is 1. The zero-order valence-electron chi connectivity index (χ0n) is 17.2. The number of benzene rings is 1. The van der Waals surface area contributed by atoms with Crippen molar-refractivity contribution >= 4 is 17.7 Å².